The van der Waals surface area contributed by atoms with E-state index in [4.69, 9.17) is 4.74 Å². The van der Waals surface area contributed by atoms with Gasteiger partial charge in [0.05, 0.1) is 6.61 Å². The molecule has 1 atom stereocenters. The summed E-state index contributed by atoms with van der Waals surface area (Å²) in [6.07, 6.45) is 3.93. The molecule has 1 saturated carbocycles. The summed E-state index contributed by atoms with van der Waals surface area (Å²) in [6.45, 7) is 9.61. The van der Waals surface area contributed by atoms with E-state index in [2.05, 4.69) is 44.3 Å². The van der Waals surface area contributed by atoms with Crippen LogP contribution >= 0.6 is 0 Å². The van der Waals surface area contributed by atoms with Gasteiger partial charge in [-0.15, -0.1) is 0 Å². The fraction of sp³-hybridized carbons (Fsp3) is 0.625. The molecule has 1 aliphatic rings. The van der Waals surface area contributed by atoms with E-state index in [0.29, 0.717) is 11.5 Å². The van der Waals surface area contributed by atoms with E-state index >= 15 is 0 Å². The minimum Gasteiger partial charge on any atom is -0.494 e. The van der Waals surface area contributed by atoms with Gasteiger partial charge in [0.2, 0.25) is 0 Å². The summed E-state index contributed by atoms with van der Waals surface area (Å²) in [5, 5.41) is 3.71. The SMILES string of the molecule is CCOc1ccc(NC2CCCC2(C)C)c(C)c1. The number of hydrogen-bond acceptors (Lipinski definition) is 2. The second kappa shape index (κ2) is 5.21. The number of rotatable bonds is 4. The van der Waals surface area contributed by atoms with Crippen LogP contribution in [0.3, 0.4) is 0 Å². The molecule has 0 saturated heterocycles. The normalized spacial score (nSPS) is 21.9. The fourth-order valence-corrected chi connectivity index (χ4v) is 2.84. The van der Waals surface area contributed by atoms with E-state index in [9.17, 15) is 0 Å². The number of hydrogen-bond donors (Lipinski definition) is 1. The van der Waals surface area contributed by atoms with E-state index in [1.165, 1.54) is 30.5 Å². The Hall–Kier alpha value is -1.18. The maximum atomic E-state index is 5.52. The molecule has 0 bridgehead atoms. The predicted molar refractivity (Wildman–Crippen MR) is 77.4 cm³/mol. The van der Waals surface area contributed by atoms with Crippen LogP contribution in [-0.4, -0.2) is 12.6 Å². The topological polar surface area (TPSA) is 21.3 Å². The minimum absolute atomic E-state index is 0.408. The first-order valence-corrected chi connectivity index (χ1v) is 7.03. The molecule has 1 aromatic rings. The highest BCUT2D eigenvalue weighted by Crippen LogP contribution is 2.39. The van der Waals surface area contributed by atoms with Crippen molar-refractivity contribution in [3.05, 3.63) is 23.8 Å². The molecular weight excluding hydrogens is 222 g/mol. The zero-order valence-corrected chi connectivity index (χ0v) is 12.0. The fourth-order valence-electron chi connectivity index (χ4n) is 2.84. The van der Waals surface area contributed by atoms with Crippen molar-refractivity contribution in [2.75, 3.05) is 11.9 Å². The molecule has 0 radical (unpaired) electrons. The third-order valence-electron chi connectivity index (χ3n) is 4.10. The van der Waals surface area contributed by atoms with E-state index in [0.717, 1.165) is 12.4 Å². The van der Waals surface area contributed by atoms with Crippen LogP contribution in [-0.2, 0) is 0 Å². The van der Waals surface area contributed by atoms with Crippen molar-refractivity contribution in [1.82, 2.24) is 0 Å². The van der Waals surface area contributed by atoms with Crippen LogP contribution in [0.4, 0.5) is 5.69 Å². The van der Waals surface area contributed by atoms with Crippen molar-refractivity contribution >= 4 is 5.69 Å². The standard InChI is InChI=1S/C16H25NO/c1-5-18-13-8-9-14(12(2)11-13)17-15-7-6-10-16(15,3)4/h8-9,11,15,17H,5-7,10H2,1-4H3. The van der Waals surface area contributed by atoms with E-state index in [1.54, 1.807) is 0 Å². The van der Waals surface area contributed by atoms with Crippen LogP contribution in [0.1, 0.15) is 45.6 Å². The van der Waals surface area contributed by atoms with Gasteiger partial charge in [0.15, 0.2) is 0 Å². The van der Waals surface area contributed by atoms with Crippen molar-refractivity contribution in [2.45, 2.75) is 53.0 Å². The molecule has 1 aromatic carbocycles. The number of nitrogens with one attached hydrogen (secondary N) is 1. The molecule has 0 aliphatic heterocycles. The lowest BCUT2D eigenvalue weighted by molar-refractivity contribution is 0.339. The highest BCUT2D eigenvalue weighted by molar-refractivity contribution is 5.54. The summed E-state index contributed by atoms with van der Waals surface area (Å²) in [4.78, 5) is 0. The van der Waals surface area contributed by atoms with Crippen LogP contribution < -0.4 is 10.1 Å². The van der Waals surface area contributed by atoms with Gasteiger partial charge in [0.25, 0.3) is 0 Å². The second-order valence-electron chi connectivity index (χ2n) is 5.99. The van der Waals surface area contributed by atoms with Gasteiger partial charge in [-0.3, -0.25) is 0 Å². The first kappa shape index (κ1) is 13.3. The molecule has 0 spiro atoms. The third-order valence-corrected chi connectivity index (χ3v) is 4.10. The van der Waals surface area contributed by atoms with E-state index < -0.39 is 0 Å². The molecule has 0 amide bonds. The highest BCUT2D eigenvalue weighted by atomic mass is 16.5. The van der Waals surface area contributed by atoms with Crippen molar-refractivity contribution < 1.29 is 4.74 Å². The lowest BCUT2D eigenvalue weighted by Gasteiger charge is -2.29. The molecule has 1 aliphatic carbocycles. The Kier molecular flexibility index (Phi) is 3.84. The second-order valence-corrected chi connectivity index (χ2v) is 5.99. The van der Waals surface area contributed by atoms with Gasteiger partial charge in [-0.2, -0.15) is 0 Å². The molecule has 18 heavy (non-hydrogen) atoms. The van der Waals surface area contributed by atoms with Gasteiger partial charge in [-0.05, 0) is 55.9 Å². The molecule has 1 fully saturated rings. The van der Waals surface area contributed by atoms with Crippen molar-refractivity contribution in [1.29, 1.82) is 0 Å². The molecule has 100 valence electrons. The predicted octanol–water partition coefficient (Wildman–Crippen LogP) is 4.38. The molecule has 1 unspecified atom stereocenters. The van der Waals surface area contributed by atoms with E-state index in [1.807, 2.05) is 6.92 Å². The maximum Gasteiger partial charge on any atom is 0.119 e. The summed E-state index contributed by atoms with van der Waals surface area (Å²) in [7, 11) is 0. The number of benzene rings is 1. The molecule has 2 heteroatoms. The Morgan fingerprint density at radius 1 is 1.39 bits per heavy atom. The summed E-state index contributed by atoms with van der Waals surface area (Å²) >= 11 is 0. The average Bonchev–Trinajstić information content (AvgIpc) is 2.62. The molecule has 2 rings (SSSR count). The van der Waals surface area contributed by atoms with E-state index in [-0.39, 0.29) is 0 Å². The van der Waals surface area contributed by atoms with Crippen LogP contribution in [0.25, 0.3) is 0 Å². The van der Waals surface area contributed by atoms with Gasteiger partial charge in [0, 0.05) is 11.7 Å². The molecule has 1 N–H and O–H groups in total. The Morgan fingerprint density at radius 2 is 2.17 bits per heavy atom. The summed E-state index contributed by atoms with van der Waals surface area (Å²) < 4.78 is 5.52. The van der Waals surface area contributed by atoms with Crippen LogP contribution in [0, 0.1) is 12.3 Å². The maximum absolute atomic E-state index is 5.52. The monoisotopic (exact) mass is 247 g/mol. The number of aryl methyl sites for hydroxylation is 1. The smallest absolute Gasteiger partial charge is 0.119 e. The third kappa shape index (κ3) is 2.80. The van der Waals surface area contributed by atoms with Gasteiger partial charge in [-0.1, -0.05) is 20.3 Å². The Morgan fingerprint density at radius 3 is 2.72 bits per heavy atom. The van der Waals surface area contributed by atoms with Crippen molar-refractivity contribution in [3.63, 3.8) is 0 Å². The number of anilines is 1. The van der Waals surface area contributed by atoms with Crippen molar-refractivity contribution in [3.8, 4) is 5.75 Å². The minimum atomic E-state index is 0.408. The van der Waals surface area contributed by atoms with Gasteiger partial charge in [-0.25, -0.2) is 0 Å². The zero-order valence-electron chi connectivity index (χ0n) is 12.0. The van der Waals surface area contributed by atoms with Crippen LogP contribution in [0.15, 0.2) is 18.2 Å². The Balaban J connectivity index is 2.10. The lowest BCUT2D eigenvalue weighted by Crippen LogP contribution is -2.31. The summed E-state index contributed by atoms with van der Waals surface area (Å²) in [5.41, 5.74) is 2.92. The van der Waals surface area contributed by atoms with Crippen LogP contribution in [0.5, 0.6) is 5.75 Å². The summed E-state index contributed by atoms with van der Waals surface area (Å²) in [5.74, 6) is 0.964. The first-order chi connectivity index (χ1) is 8.53. The van der Waals surface area contributed by atoms with Gasteiger partial charge < -0.3 is 10.1 Å². The Bertz CT molecular complexity index is 412. The lowest BCUT2D eigenvalue weighted by atomic mass is 9.87. The largest absolute Gasteiger partial charge is 0.494 e. The van der Waals surface area contributed by atoms with Gasteiger partial charge in [0.1, 0.15) is 5.75 Å². The van der Waals surface area contributed by atoms with Crippen molar-refractivity contribution in [2.24, 2.45) is 5.41 Å². The summed E-state index contributed by atoms with van der Waals surface area (Å²) in [6, 6.07) is 6.91. The molecule has 0 aromatic heterocycles. The first-order valence-electron chi connectivity index (χ1n) is 7.03. The van der Waals surface area contributed by atoms with Gasteiger partial charge >= 0.3 is 0 Å². The zero-order chi connectivity index (χ0) is 13.2. The average molecular weight is 247 g/mol. The van der Waals surface area contributed by atoms with Crippen LogP contribution in [0.2, 0.25) is 0 Å². The molecule has 2 nitrogen and oxygen atoms in total. The Labute approximate surface area is 111 Å². The molecule has 0 heterocycles. The molecular formula is C16H25NO. The quantitative estimate of drug-likeness (QED) is 0.852. The highest BCUT2D eigenvalue weighted by Gasteiger charge is 2.34. The number of ether oxygens (including phenoxy) is 1.